The van der Waals surface area contributed by atoms with Gasteiger partial charge in [-0.15, -0.1) is 12.4 Å². The molecule has 0 unspecified atom stereocenters. The fourth-order valence-corrected chi connectivity index (χ4v) is 3.56. The van der Waals surface area contributed by atoms with E-state index in [4.69, 9.17) is 10.3 Å². The number of hydrogen-bond acceptors (Lipinski definition) is 7. The Hall–Kier alpha value is -3.63. The van der Waals surface area contributed by atoms with Crippen molar-refractivity contribution >= 4 is 12.4 Å². The summed E-state index contributed by atoms with van der Waals surface area (Å²) in [4.78, 5) is 21.6. The summed E-state index contributed by atoms with van der Waals surface area (Å²) in [5, 5.41) is 8.13. The average molecular weight is 484 g/mol. The van der Waals surface area contributed by atoms with Crippen LogP contribution in [-0.4, -0.2) is 36.0 Å². The minimum absolute atomic E-state index is 0. The van der Waals surface area contributed by atoms with Crippen molar-refractivity contribution in [1.82, 2.24) is 29.5 Å². The molecule has 1 saturated carbocycles. The van der Waals surface area contributed by atoms with Crippen molar-refractivity contribution in [3.8, 4) is 28.3 Å². The van der Waals surface area contributed by atoms with Crippen LogP contribution in [0.3, 0.4) is 0 Å². The van der Waals surface area contributed by atoms with Crippen LogP contribution in [0.15, 0.2) is 64.1 Å². The maximum Gasteiger partial charge on any atom is 0.351 e. The summed E-state index contributed by atoms with van der Waals surface area (Å²) < 4.78 is 20.6. The summed E-state index contributed by atoms with van der Waals surface area (Å²) >= 11 is 0. The molecule has 1 fully saturated rings. The van der Waals surface area contributed by atoms with Gasteiger partial charge in [0.1, 0.15) is 12.1 Å². The first-order chi connectivity index (χ1) is 16.1. The Morgan fingerprint density at radius 1 is 1.24 bits per heavy atom. The molecule has 1 aliphatic carbocycles. The molecule has 0 bridgehead atoms. The van der Waals surface area contributed by atoms with E-state index in [0.29, 0.717) is 29.8 Å². The van der Waals surface area contributed by atoms with E-state index in [9.17, 15) is 9.18 Å². The lowest BCUT2D eigenvalue weighted by Gasteiger charge is -2.08. The van der Waals surface area contributed by atoms with Crippen molar-refractivity contribution in [2.24, 2.45) is 5.73 Å². The molecular formula is C23H23ClFN7O2. The molecule has 3 heterocycles. The largest absolute Gasteiger partial charge is 0.351 e. The first-order valence-corrected chi connectivity index (χ1v) is 10.6. The number of hydrogen-bond donors (Lipinski definition) is 1. The second-order valence-electron chi connectivity index (χ2n) is 8.08. The lowest BCUT2D eigenvalue weighted by atomic mass is 10.0. The number of benzene rings is 1. The van der Waals surface area contributed by atoms with Gasteiger partial charge in [0.2, 0.25) is 11.7 Å². The third-order valence-corrected chi connectivity index (χ3v) is 5.63. The van der Waals surface area contributed by atoms with Gasteiger partial charge in [0.05, 0.1) is 12.9 Å². The van der Waals surface area contributed by atoms with Crippen LogP contribution in [0.4, 0.5) is 4.39 Å². The van der Waals surface area contributed by atoms with Crippen LogP contribution < -0.4 is 11.4 Å². The fourth-order valence-electron chi connectivity index (χ4n) is 3.56. The molecule has 0 amide bonds. The van der Waals surface area contributed by atoms with Crippen molar-refractivity contribution in [3.05, 3.63) is 76.7 Å². The highest BCUT2D eigenvalue weighted by Crippen LogP contribution is 2.39. The number of nitrogens with zero attached hydrogens (tertiary/aromatic N) is 6. The van der Waals surface area contributed by atoms with Crippen molar-refractivity contribution in [2.45, 2.75) is 32.2 Å². The second kappa shape index (κ2) is 9.70. The number of aromatic nitrogens is 6. The number of rotatable bonds is 7. The van der Waals surface area contributed by atoms with Gasteiger partial charge in [-0.2, -0.15) is 10.1 Å². The monoisotopic (exact) mass is 483 g/mol. The van der Waals surface area contributed by atoms with E-state index >= 15 is 0 Å². The lowest BCUT2D eigenvalue weighted by molar-refractivity contribution is 0.380. The van der Waals surface area contributed by atoms with Gasteiger partial charge in [-0.05, 0) is 42.5 Å². The normalized spacial score (nSPS) is 13.7. The summed E-state index contributed by atoms with van der Waals surface area (Å²) in [7, 11) is 0. The smallest absolute Gasteiger partial charge is 0.339 e. The molecule has 1 aromatic carbocycles. The molecule has 0 atom stereocenters. The molecule has 11 heteroatoms. The molecule has 2 N–H and O–H groups in total. The molecule has 5 rings (SSSR count). The maximum atomic E-state index is 12.8. The van der Waals surface area contributed by atoms with Gasteiger partial charge in [0.15, 0.2) is 0 Å². The fraction of sp³-hybridized carbons (Fsp3) is 0.261. The van der Waals surface area contributed by atoms with E-state index in [2.05, 4.69) is 20.2 Å². The van der Waals surface area contributed by atoms with Crippen LogP contribution in [0, 0.1) is 6.92 Å². The van der Waals surface area contributed by atoms with E-state index in [0.717, 1.165) is 39.8 Å². The van der Waals surface area contributed by atoms with Crippen LogP contribution in [0.5, 0.6) is 0 Å². The minimum Gasteiger partial charge on any atom is -0.339 e. The number of halogens is 2. The van der Waals surface area contributed by atoms with E-state index in [1.54, 1.807) is 6.20 Å². The maximum absolute atomic E-state index is 12.8. The highest BCUT2D eigenvalue weighted by molar-refractivity contribution is 5.85. The number of pyridine rings is 1. The predicted octanol–water partition coefficient (Wildman–Crippen LogP) is 3.57. The molecule has 1 aliphatic rings. The van der Waals surface area contributed by atoms with Crippen LogP contribution >= 0.6 is 12.4 Å². The number of aryl methyl sites for hydroxylation is 1. The molecule has 0 saturated heterocycles. The van der Waals surface area contributed by atoms with Crippen LogP contribution in [-0.2, 0) is 6.54 Å². The van der Waals surface area contributed by atoms with E-state index in [-0.39, 0.29) is 31.1 Å². The molecule has 0 spiro atoms. The quantitative estimate of drug-likeness (QED) is 0.427. The van der Waals surface area contributed by atoms with E-state index < -0.39 is 5.69 Å². The Morgan fingerprint density at radius 3 is 2.62 bits per heavy atom. The summed E-state index contributed by atoms with van der Waals surface area (Å²) in [6.07, 6.45) is 5.70. The molecule has 3 aromatic heterocycles. The second-order valence-corrected chi connectivity index (χ2v) is 8.08. The third-order valence-electron chi connectivity index (χ3n) is 5.63. The zero-order chi connectivity index (χ0) is 22.9. The van der Waals surface area contributed by atoms with Gasteiger partial charge in [-0.1, -0.05) is 29.4 Å². The summed E-state index contributed by atoms with van der Waals surface area (Å²) in [5.74, 6) is 2.18. The molecule has 0 radical (unpaired) electrons. The Bertz CT molecular complexity index is 1390. The molecule has 176 valence electrons. The first-order valence-electron chi connectivity index (χ1n) is 10.6. The Labute approximate surface area is 200 Å². The summed E-state index contributed by atoms with van der Waals surface area (Å²) in [6, 6.07) is 9.79. The lowest BCUT2D eigenvalue weighted by Crippen LogP contribution is -2.26. The SMILES string of the molecule is Cc1cc(-c2ccc(-c3noc(C4CC4)n3)cc2)cnc1-n1cnn(C/C(=C/F)CN)c1=O.Cl. The van der Waals surface area contributed by atoms with Gasteiger partial charge >= 0.3 is 5.69 Å². The van der Waals surface area contributed by atoms with Gasteiger partial charge < -0.3 is 10.3 Å². The van der Waals surface area contributed by atoms with Crippen molar-refractivity contribution < 1.29 is 8.91 Å². The highest BCUT2D eigenvalue weighted by Gasteiger charge is 2.29. The van der Waals surface area contributed by atoms with Crippen molar-refractivity contribution in [2.75, 3.05) is 6.54 Å². The van der Waals surface area contributed by atoms with Gasteiger partial charge in [-0.3, -0.25) is 0 Å². The van der Waals surface area contributed by atoms with E-state index in [1.165, 1.54) is 10.9 Å². The van der Waals surface area contributed by atoms with Crippen LogP contribution in [0.25, 0.3) is 28.3 Å². The minimum atomic E-state index is -0.416. The standard InChI is InChI=1S/C23H22FN7O2.ClH/c1-14-8-19(11-26-21(14)30-13-27-31(23(30)32)12-15(9-24)10-25)16-2-4-17(5-3-16)20-28-22(33-29-20)18-6-7-18;/h2-5,8-9,11,13,18H,6-7,10,12,25H2,1H3;1H/b15-9+;. The average Bonchev–Trinajstić information content (AvgIpc) is 3.47. The molecule has 0 aliphatic heterocycles. The van der Waals surface area contributed by atoms with Gasteiger partial charge in [0.25, 0.3) is 0 Å². The first kappa shape index (κ1) is 23.5. The van der Waals surface area contributed by atoms with Crippen LogP contribution in [0.2, 0.25) is 0 Å². The predicted molar refractivity (Wildman–Crippen MR) is 127 cm³/mol. The van der Waals surface area contributed by atoms with Crippen molar-refractivity contribution in [1.29, 1.82) is 0 Å². The van der Waals surface area contributed by atoms with Gasteiger partial charge in [0, 0.05) is 29.8 Å². The molecular weight excluding hydrogens is 461 g/mol. The van der Waals surface area contributed by atoms with Crippen LogP contribution in [0.1, 0.15) is 30.2 Å². The molecule has 4 aromatic rings. The van der Waals surface area contributed by atoms with E-state index in [1.807, 2.05) is 37.3 Å². The Kier molecular flexibility index (Phi) is 6.71. The molecule has 9 nitrogen and oxygen atoms in total. The van der Waals surface area contributed by atoms with Crippen molar-refractivity contribution in [3.63, 3.8) is 0 Å². The summed E-state index contributed by atoms with van der Waals surface area (Å²) in [5.41, 5.74) is 8.88. The topological polar surface area (TPSA) is 118 Å². The Balaban J connectivity index is 0.00000274. The number of nitrogens with two attached hydrogens (primary N) is 1. The highest BCUT2D eigenvalue weighted by atomic mass is 35.5. The molecule has 34 heavy (non-hydrogen) atoms. The summed E-state index contributed by atoms with van der Waals surface area (Å²) in [6.45, 7) is 1.87. The zero-order valence-corrected chi connectivity index (χ0v) is 19.2. The van der Waals surface area contributed by atoms with Gasteiger partial charge in [-0.25, -0.2) is 23.4 Å². The third kappa shape index (κ3) is 4.55. The zero-order valence-electron chi connectivity index (χ0n) is 18.4. The Morgan fingerprint density at radius 2 is 1.97 bits per heavy atom.